The molecule has 0 aliphatic rings. The Balaban J connectivity index is 1.69. The van der Waals surface area contributed by atoms with Gasteiger partial charge in [-0.05, 0) is 30.5 Å². The number of aryl methyl sites for hydroxylation is 2. The van der Waals surface area contributed by atoms with Gasteiger partial charge in [-0.2, -0.15) is 0 Å². The highest BCUT2D eigenvalue weighted by molar-refractivity contribution is 7.73. The van der Waals surface area contributed by atoms with Crippen molar-refractivity contribution in [3.63, 3.8) is 0 Å². The van der Waals surface area contributed by atoms with Crippen LogP contribution in [0.25, 0.3) is 0 Å². The summed E-state index contributed by atoms with van der Waals surface area (Å²) in [6.07, 6.45) is 4.14. The highest BCUT2D eigenvalue weighted by Gasteiger charge is 2.19. The number of carbonyl (C=O) groups excluding carboxylic acids is 1. The van der Waals surface area contributed by atoms with E-state index in [1.165, 1.54) is 0 Å². The highest BCUT2D eigenvalue weighted by atomic mass is 32.2. The molecule has 7 nitrogen and oxygen atoms in total. The van der Waals surface area contributed by atoms with Crippen LogP contribution in [-0.2, 0) is 34.9 Å². The second-order valence-electron chi connectivity index (χ2n) is 6.35. The molecule has 0 saturated heterocycles. The predicted molar refractivity (Wildman–Crippen MR) is 117 cm³/mol. The fraction of sp³-hybridized carbons (Fsp3) is 0.316. The van der Waals surface area contributed by atoms with Gasteiger partial charge in [0.05, 0.1) is 16.7 Å². The molecular formula is C19H22N4O3S3. The second kappa shape index (κ2) is 10.5. The first-order valence-electron chi connectivity index (χ1n) is 9.15. The van der Waals surface area contributed by atoms with Crippen LogP contribution in [0.3, 0.4) is 0 Å². The van der Waals surface area contributed by atoms with Crippen LogP contribution >= 0.6 is 22.7 Å². The molecule has 0 saturated carbocycles. The highest BCUT2D eigenvalue weighted by Crippen LogP contribution is 2.24. The van der Waals surface area contributed by atoms with Gasteiger partial charge in [-0.1, -0.05) is 19.1 Å². The van der Waals surface area contributed by atoms with Gasteiger partial charge in [0, 0.05) is 35.5 Å². The number of nitrogens with one attached hydrogen (secondary N) is 2. The molecule has 2 heterocycles. The minimum atomic E-state index is -2.69. The SMILES string of the molecule is CCc1csc([C@H](Cc2ccc(N[SH](=O)=O)cc2)NC(=O)CCc2nccs2)n1. The lowest BCUT2D eigenvalue weighted by Crippen LogP contribution is -2.30. The molecule has 0 aliphatic heterocycles. The van der Waals surface area contributed by atoms with Crippen molar-refractivity contribution in [2.75, 3.05) is 4.72 Å². The number of amides is 1. The number of rotatable bonds is 10. The van der Waals surface area contributed by atoms with E-state index in [1.54, 1.807) is 41.0 Å². The number of hydrogen-bond donors (Lipinski definition) is 3. The van der Waals surface area contributed by atoms with E-state index in [-0.39, 0.29) is 11.9 Å². The first-order chi connectivity index (χ1) is 14.0. The van der Waals surface area contributed by atoms with Gasteiger partial charge in [-0.25, -0.2) is 18.4 Å². The third kappa shape index (κ3) is 6.62. The van der Waals surface area contributed by atoms with Crippen LogP contribution in [0.1, 0.15) is 40.7 Å². The van der Waals surface area contributed by atoms with Crippen molar-refractivity contribution in [3.8, 4) is 0 Å². The van der Waals surface area contributed by atoms with Crippen LogP contribution in [0.2, 0.25) is 0 Å². The summed E-state index contributed by atoms with van der Waals surface area (Å²) in [4.78, 5) is 21.4. The molecule has 3 aromatic rings. The van der Waals surface area contributed by atoms with Gasteiger partial charge in [0.15, 0.2) is 0 Å². The molecule has 29 heavy (non-hydrogen) atoms. The first-order valence-corrected chi connectivity index (χ1v) is 12.1. The molecule has 154 valence electrons. The molecule has 10 heteroatoms. The zero-order valence-electron chi connectivity index (χ0n) is 15.8. The normalized spacial score (nSPS) is 12.1. The van der Waals surface area contributed by atoms with E-state index in [2.05, 4.69) is 20.0 Å². The molecule has 0 radical (unpaired) electrons. The molecule has 0 aliphatic carbocycles. The molecule has 1 atom stereocenters. The average molecular weight is 451 g/mol. The summed E-state index contributed by atoms with van der Waals surface area (Å²) in [5.74, 6) is -0.0416. The van der Waals surface area contributed by atoms with Crippen molar-refractivity contribution in [2.24, 2.45) is 0 Å². The molecular weight excluding hydrogens is 428 g/mol. The number of carbonyl (C=O) groups is 1. The lowest BCUT2D eigenvalue weighted by molar-refractivity contribution is -0.121. The maximum Gasteiger partial charge on any atom is 0.222 e. The summed E-state index contributed by atoms with van der Waals surface area (Å²) in [6, 6.07) is 6.88. The predicted octanol–water partition coefficient (Wildman–Crippen LogP) is 3.13. The fourth-order valence-electron chi connectivity index (χ4n) is 2.77. The van der Waals surface area contributed by atoms with Gasteiger partial charge >= 0.3 is 0 Å². The van der Waals surface area contributed by atoms with E-state index in [0.29, 0.717) is 24.9 Å². The third-order valence-electron chi connectivity index (χ3n) is 4.23. The summed E-state index contributed by atoms with van der Waals surface area (Å²) in [7, 11) is -2.69. The number of anilines is 1. The third-order valence-corrected chi connectivity index (χ3v) is 6.52. The molecule has 1 aromatic carbocycles. The van der Waals surface area contributed by atoms with Crippen LogP contribution in [0.4, 0.5) is 5.69 Å². The quantitative estimate of drug-likeness (QED) is 0.412. The first kappa shape index (κ1) is 21.4. The average Bonchev–Trinajstić information content (AvgIpc) is 3.39. The number of aromatic nitrogens is 2. The molecule has 0 fully saturated rings. The zero-order chi connectivity index (χ0) is 20.6. The minimum absolute atomic E-state index is 0.0416. The summed E-state index contributed by atoms with van der Waals surface area (Å²) in [5, 5.41) is 8.83. The molecule has 0 bridgehead atoms. The Morgan fingerprint density at radius 1 is 1.21 bits per heavy atom. The Bertz CT molecular complexity index is 990. The summed E-state index contributed by atoms with van der Waals surface area (Å²) < 4.78 is 23.9. The maximum atomic E-state index is 12.5. The Hall–Kier alpha value is -2.30. The van der Waals surface area contributed by atoms with Crippen LogP contribution < -0.4 is 10.0 Å². The van der Waals surface area contributed by atoms with Crippen LogP contribution in [0, 0.1) is 0 Å². The fourth-order valence-corrected chi connectivity index (χ4v) is 4.70. The van der Waals surface area contributed by atoms with E-state index in [1.807, 2.05) is 29.8 Å². The van der Waals surface area contributed by atoms with Crippen molar-refractivity contribution >= 4 is 45.2 Å². The van der Waals surface area contributed by atoms with Crippen molar-refractivity contribution in [1.29, 1.82) is 0 Å². The van der Waals surface area contributed by atoms with Crippen molar-refractivity contribution in [3.05, 3.63) is 62.5 Å². The molecule has 2 aromatic heterocycles. The Labute approximate surface area is 179 Å². The standard InChI is InChI=1S/C19H22N4O3S3/c1-2-14-12-28-19(21-14)16(22-17(24)7-8-18-20-9-10-27-18)11-13-3-5-15(6-4-13)23-29(25)26/h3-6,9-10,12,16,29H,2,7-8,11H2,1H3,(H,22,24)(H,23,25,26)/t16-/m0/s1. The van der Waals surface area contributed by atoms with Crippen LogP contribution in [-0.4, -0.2) is 24.3 Å². The van der Waals surface area contributed by atoms with E-state index in [0.717, 1.165) is 27.7 Å². The molecule has 2 N–H and O–H groups in total. The minimum Gasteiger partial charge on any atom is -0.347 e. The summed E-state index contributed by atoms with van der Waals surface area (Å²) >= 11 is 3.09. The monoisotopic (exact) mass is 450 g/mol. The smallest absolute Gasteiger partial charge is 0.222 e. The van der Waals surface area contributed by atoms with E-state index in [4.69, 9.17) is 0 Å². The van der Waals surface area contributed by atoms with Gasteiger partial charge < -0.3 is 5.32 Å². The van der Waals surface area contributed by atoms with Gasteiger partial charge in [-0.3, -0.25) is 9.52 Å². The summed E-state index contributed by atoms with van der Waals surface area (Å²) in [6.45, 7) is 2.05. The van der Waals surface area contributed by atoms with Gasteiger partial charge in [0.1, 0.15) is 5.01 Å². The Morgan fingerprint density at radius 3 is 2.62 bits per heavy atom. The topological polar surface area (TPSA) is 101 Å². The molecule has 0 unspecified atom stereocenters. The lowest BCUT2D eigenvalue weighted by atomic mass is 10.1. The second-order valence-corrected chi connectivity index (χ2v) is 8.95. The number of benzene rings is 1. The van der Waals surface area contributed by atoms with Crippen molar-refractivity contribution in [2.45, 2.75) is 38.6 Å². The van der Waals surface area contributed by atoms with Gasteiger partial charge in [0.2, 0.25) is 16.8 Å². The Morgan fingerprint density at radius 2 is 2.00 bits per heavy atom. The van der Waals surface area contributed by atoms with Crippen molar-refractivity contribution < 1.29 is 13.2 Å². The van der Waals surface area contributed by atoms with Gasteiger partial charge in [-0.15, -0.1) is 22.7 Å². The van der Waals surface area contributed by atoms with E-state index >= 15 is 0 Å². The number of thiazole rings is 2. The van der Waals surface area contributed by atoms with E-state index in [9.17, 15) is 13.2 Å². The number of nitrogens with zero attached hydrogens (tertiary/aromatic N) is 2. The summed E-state index contributed by atoms with van der Waals surface area (Å²) in [5.41, 5.74) is 2.50. The Kier molecular flexibility index (Phi) is 7.73. The lowest BCUT2D eigenvalue weighted by Gasteiger charge is -2.17. The van der Waals surface area contributed by atoms with E-state index < -0.39 is 10.9 Å². The van der Waals surface area contributed by atoms with Gasteiger partial charge in [0.25, 0.3) is 0 Å². The molecule has 0 spiro atoms. The maximum absolute atomic E-state index is 12.5. The number of thiol groups is 1. The van der Waals surface area contributed by atoms with Crippen LogP contribution in [0.5, 0.6) is 0 Å². The van der Waals surface area contributed by atoms with Crippen molar-refractivity contribution in [1.82, 2.24) is 15.3 Å². The van der Waals surface area contributed by atoms with Crippen LogP contribution in [0.15, 0.2) is 41.2 Å². The largest absolute Gasteiger partial charge is 0.347 e. The number of hydrogen-bond acceptors (Lipinski definition) is 7. The zero-order valence-corrected chi connectivity index (χ0v) is 18.4. The molecule has 3 rings (SSSR count). The molecule has 1 amide bonds.